The minimum absolute atomic E-state index is 0.372. The molecule has 1 aromatic heterocycles. The largest absolute Gasteiger partial charge is 0.381 e. The lowest BCUT2D eigenvalue weighted by atomic mass is 10.1. The average Bonchev–Trinajstić information content (AvgIpc) is 3.07. The van der Waals surface area contributed by atoms with Gasteiger partial charge in [0.15, 0.2) is 11.6 Å². The summed E-state index contributed by atoms with van der Waals surface area (Å²) in [5.74, 6) is 2.51. The summed E-state index contributed by atoms with van der Waals surface area (Å²) in [5, 5.41) is 0. The van der Waals surface area contributed by atoms with Crippen molar-refractivity contribution in [2.24, 2.45) is 5.92 Å². The van der Waals surface area contributed by atoms with Crippen LogP contribution in [0.3, 0.4) is 0 Å². The van der Waals surface area contributed by atoms with Gasteiger partial charge in [0.05, 0.1) is 19.3 Å². The molecule has 0 saturated carbocycles. The fourth-order valence-corrected chi connectivity index (χ4v) is 3.08. The first-order valence-electron chi connectivity index (χ1n) is 8.16. The molecule has 6 nitrogen and oxygen atoms in total. The normalized spacial score (nSPS) is 23.0. The second kappa shape index (κ2) is 7.24. The van der Waals surface area contributed by atoms with E-state index in [1.165, 1.54) is 0 Å². The Morgan fingerprint density at radius 3 is 2.68 bits per heavy atom. The molecule has 0 aliphatic carbocycles. The third-order valence-electron chi connectivity index (χ3n) is 4.42. The molecule has 2 aliphatic heterocycles. The summed E-state index contributed by atoms with van der Waals surface area (Å²) in [7, 11) is 4.01. The Balaban J connectivity index is 1.51. The van der Waals surface area contributed by atoms with Crippen LogP contribution in [0.25, 0.3) is 0 Å². The van der Waals surface area contributed by atoms with Gasteiger partial charge < -0.3 is 19.3 Å². The van der Waals surface area contributed by atoms with Gasteiger partial charge in [0.1, 0.15) is 0 Å². The number of nitrogens with zero attached hydrogens (tertiary/aromatic N) is 4. The lowest BCUT2D eigenvalue weighted by Crippen LogP contribution is -2.39. The maximum Gasteiger partial charge on any atom is 0.171 e. The fraction of sp³-hybridized carbons (Fsp3) is 0.750. The number of rotatable bonds is 5. The third-order valence-corrected chi connectivity index (χ3v) is 4.42. The standard InChI is InChI=1S/C16H26N4O2/c1-19(2)15-16(18-7-6-17-15)20-8-3-14(4-9-20)22-12-13-5-10-21-11-13/h6-7,13-14H,3-5,8-12H2,1-2H3. The smallest absolute Gasteiger partial charge is 0.171 e. The topological polar surface area (TPSA) is 50.7 Å². The first-order chi connectivity index (χ1) is 10.7. The molecule has 2 aliphatic rings. The van der Waals surface area contributed by atoms with E-state index in [1.807, 2.05) is 19.0 Å². The van der Waals surface area contributed by atoms with Gasteiger partial charge in [-0.05, 0) is 19.3 Å². The first-order valence-corrected chi connectivity index (χ1v) is 8.16. The summed E-state index contributed by atoms with van der Waals surface area (Å²) in [6.45, 7) is 4.56. The van der Waals surface area contributed by atoms with Gasteiger partial charge in [0, 0.05) is 52.1 Å². The molecule has 0 aromatic carbocycles. The van der Waals surface area contributed by atoms with Gasteiger partial charge in [-0.2, -0.15) is 0 Å². The van der Waals surface area contributed by atoms with Gasteiger partial charge in [-0.3, -0.25) is 0 Å². The molecule has 22 heavy (non-hydrogen) atoms. The van der Waals surface area contributed by atoms with Crippen molar-refractivity contribution in [2.75, 3.05) is 56.8 Å². The molecule has 3 rings (SSSR count). The second-order valence-corrected chi connectivity index (χ2v) is 6.35. The highest BCUT2D eigenvalue weighted by atomic mass is 16.5. The summed E-state index contributed by atoms with van der Waals surface area (Å²) in [6, 6.07) is 0. The van der Waals surface area contributed by atoms with E-state index < -0.39 is 0 Å². The van der Waals surface area contributed by atoms with Gasteiger partial charge in [0.2, 0.25) is 0 Å². The quantitative estimate of drug-likeness (QED) is 0.823. The minimum atomic E-state index is 0.372. The molecular weight excluding hydrogens is 280 g/mol. The van der Waals surface area contributed by atoms with Crippen LogP contribution >= 0.6 is 0 Å². The van der Waals surface area contributed by atoms with Gasteiger partial charge in [0.25, 0.3) is 0 Å². The van der Waals surface area contributed by atoms with Crippen molar-refractivity contribution < 1.29 is 9.47 Å². The highest BCUT2D eigenvalue weighted by Gasteiger charge is 2.25. The van der Waals surface area contributed by atoms with Crippen LogP contribution < -0.4 is 9.80 Å². The molecule has 0 N–H and O–H groups in total. The summed E-state index contributed by atoms with van der Waals surface area (Å²) in [4.78, 5) is 13.3. The molecule has 0 amide bonds. The van der Waals surface area contributed by atoms with Crippen molar-refractivity contribution in [1.82, 2.24) is 9.97 Å². The number of piperidine rings is 1. The van der Waals surface area contributed by atoms with Crippen LogP contribution in [-0.2, 0) is 9.47 Å². The van der Waals surface area contributed by atoms with E-state index in [4.69, 9.17) is 9.47 Å². The highest BCUT2D eigenvalue weighted by molar-refractivity contribution is 5.61. The van der Waals surface area contributed by atoms with Gasteiger partial charge in [-0.15, -0.1) is 0 Å². The molecule has 1 atom stereocenters. The van der Waals surface area contributed by atoms with Crippen LogP contribution in [0.1, 0.15) is 19.3 Å². The summed E-state index contributed by atoms with van der Waals surface area (Å²) in [6.07, 6.45) is 7.14. The maximum atomic E-state index is 6.08. The monoisotopic (exact) mass is 306 g/mol. The van der Waals surface area contributed by atoms with Gasteiger partial charge in [-0.1, -0.05) is 0 Å². The van der Waals surface area contributed by atoms with E-state index in [1.54, 1.807) is 12.4 Å². The van der Waals surface area contributed by atoms with Crippen molar-refractivity contribution in [2.45, 2.75) is 25.4 Å². The molecule has 1 aromatic rings. The predicted molar refractivity (Wildman–Crippen MR) is 86.5 cm³/mol. The summed E-state index contributed by atoms with van der Waals surface area (Å²) < 4.78 is 11.5. The number of anilines is 2. The third kappa shape index (κ3) is 3.67. The Morgan fingerprint density at radius 1 is 1.23 bits per heavy atom. The number of hydrogen-bond acceptors (Lipinski definition) is 6. The number of hydrogen-bond donors (Lipinski definition) is 0. The zero-order valence-corrected chi connectivity index (χ0v) is 13.6. The van der Waals surface area contributed by atoms with Crippen molar-refractivity contribution in [1.29, 1.82) is 0 Å². The van der Waals surface area contributed by atoms with E-state index in [0.717, 1.165) is 63.8 Å². The zero-order valence-electron chi connectivity index (χ0n) is 13.6. The van der Waals surface area contributed by atoms with Crippen LogP contribution in [0.4, 0.5) is 11.6 Å². The number of ether oxygens (including phenoxy) is 2. The highest BCUT2D eigenvalue weighted by Crippen LogP contribution is 2.26. The van der Waals surface area contributed by atoms with Crippen molar-refractivity contribution in [3.8, 4) is 0 Å². The lowest BCUT2D eigenvalue weighted by molar-refractivity contribution is 0.0131. The van der Waals surface area contributed by atoms with E-state index in [2.05, 4.69) is 14.9 Å². The Hall–Kier alpha value is -1.40. The second-order valence-electron chi connectivity index (χ2n) is 6.35. The first kappa shape index (κ1) is 15.5. The van der Waals surface area contributed by atoms with Crippen molar-refractivity contribution in [3.63, 3.8) is 0 Å². The number of aromatic nitrogens is 2. The minimum Gasteiger partial charge on any atom is -0.381 e. The van der Waals surface area contributed by atoms with E-state index in [0.29, 0.717) is 12.0 Å². The molecule has 2 saturated heterocycles. The van der Waals surface area contributed by atoms with Crippen molar-refractivity contribution in [3.05, 3.63) is 12.4 Å². The molecule has 122 valence electrons. The van der Waals surface area contributed by atoms with E-state index in [-0.39, 0.29) is 0 Å². The molecular formula is C16H26N4O2. The Kier molecular flexibility index (Phi) is 5.10. The van der Waals surface area contributed by atoms with Crippen LogP contribution in [0.2, 0.25) is 0 Å². The van der Waals surface area contributed by atoms with E-state index >= 15 is 0 Å². The Labute approximate surface area is 132 Å². The van der Waals surface area contributed by atoms with Crippen LogP contribution in [0.5, 0.6) is 0 Å². The molecule has 2 fully saturated rings. The fourth-order valence-electron chi connectivity index (χ4n) is 3.08. The Bertz CT molecular complexity index is 469. The van der Waals surface area contributed by atoms with Gasteiger partial charge in [-0.25, -0.2) is 9.97 Å². The molecule has 0 bridgehead atoms. The molecule has 0 spiro atoms. The lowest BCUT2D eigenvalue weighted by Gasteiger charge is -2.34. The molecule has 6 heteroatoms. The SMILES string of the molecule is CN(C)c1nccnc1N1CCC(OCC2CCOC2)CC1. The maximum absolute atomic E-state index is 6.08. The molecule has 1 unspecified atom stereocenters. The zero-order chi connectivity index (χ0) is 15.4. The van der Waals surface area contributed by atoms with E-state index in [9.17, 15) is 0 Å². The van der Waals surface area contributed by atoms with Crippen LogP contribution in [0.15, 0.2) is 12.4 Å². The van der Waals surface area contributed by atoms with Crippen LogP contribution in [0, 0.1) is 5.92 Å². The summed E-state index contributed by atoms with van der Waals surface area (Å²) in [5.41, 5.74) is 0. The molecule has 3 heterocycles. The van der Waals surface area contributed by atoms with Crippen LogP contribution in [-0.4, -0.2) is 63.1 Å². The summed E-state index contributed by atoms with van der Waals surface area (Å²) >= 11 is 0. The molecule has 0 radical (unpaired) electrons. The average molecular weight is 306 g/mol. The van der Waals surface area contributed by atoms with Gasteiger partial charge >= 0.3 is 0 Å². The Morgan fingerprint density at radius 2 is 2.00 bits per heavy atom. The predicted octanol–water partition coefficient (Wildman–Crippen LogP) is 1.56. The van der Waals surface area contributed by atoms with Crippen molar-refractivity contribution >= 4 is 11.6 Å².